The van der Waals surface area contributed by atoms with E-state index in [1.54, 1.807) is 0 Å². The van der Waals surface area contributed by atoms with E-state index in [1.807, 2.05) is 19.0 Å². The van der Waals surface area contributed by atoms with Gasteiger partial charge in [0.1, 0.15) is 0 Å². The summed E-state index contributed by atoms with van der Waals surface area (Å²) in [6, 6.07) is 0. The summed E-state index contributed by atoms with van der Waals surface area (Å²) in [5.41, 5.74) is 0. The highest BCUT2D eigenvalue weighted by atomic mass is 32.2. The lowest BCUT2D eigenvalue weighted by atomic mass is 10.5. The Balaban J connectivity index is 3.56. The van der Waals surface area contributed by atoms with Gasteiger partial charge in [0.15, 0.2) is 0 Å². The number of hydrogen-bond donors (Lipinski definition) is 2. The van der Waals surface area contributed by atoms with Crippen molar-refractivity contribution >= 4 is 16.0 Å². The van der Waals surface area contributed by atoms with E-state index in [0.29, 0.717) is 6.61 Å². The first-order valence-corrected chi connectivity index (χ1v) is 6.90. The van der Waals surface area contributed by atoms with Crippen molar-refractivity contribution in [2.24, 2.45) is 0 Å². The van der Waals surface area contributed by atoms with Gasteiger partial charge in [-0.1, -0.05) is 0 Å². The van der Waals surface area contributed by atoms with Crippen molar-refractivity contribution in [2.45, 2.75) is 6.42 Å². The minimum Gasteiger partial charge on any atom is -0.481 e. The van der Waals surface area contributed by atoms with Gasteiger partial charge in [0.05, 0.1) is 25.4 Å². The molecule has 0 unspecified atom stereocenters. The van der Waals surface area contributed by atoms with Gasteiger partial charge in [-0.3, -0.25) is 4.79 Å². The molecule has 0 atom stereocenters. The molecule has 0 aliphatic heterocycles. The molecule has 2 N–H and O–H groups in total. The maximum atomic E-state index is 11.2. The quantitative estimate of drug-likeness (QED) is 0.491. The van der Waals surface area contributed by atoms with Crippen molar-refractivity contribution in [3.05, 3.63) is 0 Å². The van der Waals surface area contributed by atoms with Gasteiger partial charge >= 0.3 is 5.97 Å². The zero-order valence-corrected chi connectivity index (χ0v) is 11.0. The predicted molar refractivity (Wildman–Crippen MR) is 63.4 cm³/mol. The van der Waals surface area contributed by atoms with Crippen LogP contribution in [-0.2, 0) is 19.6 Å². The maximum absolute atomic E-state index is 11.2. The predicted octanol–water partition coefficient (Wildman–Crippen LogP) is -1.04. The van der Waals surface area contributed by atoms with Crippen LogP contribution in [0.3, 0.4) is 0 Å². The van der Waals surface area contributed by atoms with E-state index >= 15 is 0 Å². The lowest BCUT2D eigenvalue weighted by Gasteiger charge is -2.10. The van der Waals surface area contributed by atoms with Gasteiger partial charge in [-0.25, -0.2) is 13.1 Å². The Labute approximate surface area is 102 Å². The highest BCUT2D eigenvalue weighted by Gasteiger charge is 2.11. The first kappa shape index (κ1) is 16.3. The Morgan fingerprint density at radius 1 is 1.35 bits per heavy atom. The summed E-state index contributed by atoms with van der Waals surface area (Å²) >= 11 is 0. The molecule has 0 radical (unpaired) electrons. The molecular weight excluding hydrogens is 248 g/mol. The van der Waals surface area contributed by atoms with E-state index in [9.17, 15) is 13.2 Å². The molecule has 0 aromatic carbocycles. The zero-order valence-electron chi connectivity index (χ0n) is 10.2. The fraction of sp³-hybridized carbons (Fsp3) is 0.889. The molecule has 7 nitrogen and oxygen atoms in total. The zero-order chi connectivity index (χ0) is 13.3. The average molecular weight is 268 g/mol. The van der Waals surface area contributed by atoms with Crippen LogP contribution in [0, 0.1) is 0 Å². The number of sulfonamides is 1. The molecule has 0 saturated heterocycles. The van der Waals surface area contributed by atoms with E-state index in [4.69, 9.17) is 9.84 Å². The van der Waals surface area contributed by atoms with Crippen LogP contribution in [0.15, 0.2) is 0 Å². The monoisotopic (exact) mass is 268 g/mol. The highest BCUT2D eigenvalue weighted by Crippen LogP contribution is 1.89. The van der Waals surface area contributed by atoms with Gasteiger partial charge in [-0.15, -0.1) is 0 Å². The van der Waals surface area contributed by atoms with Crippen LogP contribution in [0.1, 0.15) is 6.42 Å². The van der Waals surface area contributed by atoms with Crippen molar-refractivity contribution in [1.82, 2.24) is 9.62 Å². The van der Waals surface area contributed by atoms with Crippen LogP contribution in [0.4, 0.5) is 0 Å². The van der Waals surface area contributed by atoms with Gasteiger partial charge in [0, 0.05) is 13.1 Å². The second-order valence-corrected chi connectivity index (χ2v) is 5.70. The normalized spacial score (nSPS) is 11.9. The lowest BCUT2D eigenvalue weighted by Crippen LogP contribution is -2.31. The number of carbonyl (C=O) groups is 1. The minimum absolute atomic E-state index is 0.162. The molecule has 8 heteroatoms. The molecule has 17 heavy (non-hydrogen) atoms. The number of nitrogens with zero attached hydrogens (tertiary/aromatic N) is 1. The molecule has 0 aliphatic rings. The average Bonchev–Trinajstić information content (AvgIpc) is 2.20. The van der Waals surface area contributed by atoms with E-state index in [1.165, 1.54) is 0 Å². The van der Waals surface area contributed by atoms with Crippen LogP contribution in [0.5, 0.6) is 0 Å². The van der Waals surface area contributed by atoms with Crippen LogP contribution in [-0.4, -0.2) is 70.5 Å². The van der Waals surface area contributed by atoms with Crippen LogP contribution < -0.4 is 4.72 Å². The topological polar surface area (TPSA) is 95.9 Å². The molecule has 0 aromatic rings. The van der Waals surface area contributed by atoms with Crippen LogP contribution >= 0.6 is 0 Å². The summed E-state index contributed by atoms with van der Waals surface area (Å²) in [4.78, 5) is 12.2. The summed E-state index contributed by atoms with van der Waals surface area (Å²) in [6.45, 7) is 1.74. The van der Waals surface area contributed by atoms with E-state index in [2.05, 4.69) is 4.72 Å². The Bertz CT molecular complexity index is 315. The number of hydrogen-bond acceptors (Lipinski definition) is 5. The van der Waals surface area contributed by atoms with E-state index < -0.39 is 28.2 Å². The third-order valence-corrected chi connectivity index (χ3v) is 3.22. The van der Waals surface area contributed by atoms with Crippen LogP contribution in [0.2, 0.25) is 0 Å². The number of aliphatic carboxylic acids is 1. The molecule has 102 valence electrons. The Kier molecular flexibility index (Phi) is 8.05. The second kappa shape index (κ2) is 8.40. The number of carboxylic acids is 1. The fourth-order valence-corrected chi connectivity index (χ4v) is 1.89. The number of rotatable bonds is 10. The van der Waals surface area contributed by atoms with Crippen LogP contribution in [0.25, 0.3) is 0 Å². The number of nitrogens with one attached hydrogen (secondary N) is 1. The summed E-state index contributed by atoms with van der Waals surface area (Å²) in [6.07, 6.45) is -0.392. The van der Waals surface area contributed by atoms with Gasteiger partial charge in [0.2, 0.25) is 10.0 Å². The lowest BCUT2D eigenvalue weighted by molar-refractivity contribution is -0.136. The molecule has 0 amide bonds. The molecular formula is C9H20N2O5S. The standard InChI is InChI=1S/C9H20N2O5S/c1-11(2)5-7-16-6-4-10-17(14,15)8-3-9(12)13/h10H,3-8H2,1-2H3,(H,12,13). The smallest absolute Gasteiger partial charge is 0.304 e. The Hall–Kier alpha value is -0.700. The number of likely N-dealkylation sites (N-methyl/N-ethyl adjacent to an activating group) is 1. The Morgan fingerprint density at radius 2 is 2.00 bits per heavy atom. The molecule has 0 aliphatic carbocycles. The first-order valence-electron chi connectivity index (χ1n) is 5.25. The van der Waals surface area contributed by atoms with Gasteiger partial charge in [-0.2, -0.15) is 0 Å². The van der Waals surface area contributed by atoms with Crippen molar-refractivity contribution < 1.29 is 23.1 Å². The minimum atomic E-state index is -3.50. The largest absolute Gasteiger partial charge is 0.481 e. The second-order valence-electron chi connectivity index (χ2n) is 3.77. The summed E-state index contributed by atoms with van der Waals surface area (Å²) in [5, 5.41) is 8.35. The molecule has 0 bridgehead atoms. The first-order chi connectivity index (χ1) is 7.83. The third-order valence-electron chi connectivity index (χ3n) is 1.84. The van der Waals surface area contributed by atoms with Gasteiger partial charge in [-0.05, 0) is 14.1 Å². The number of carboxylic acid groups (broad SMARTS) is 1. The third kappa shape index (κ3) is 11.6. The molecule has 0 rings (SSSR count). The van der Waals surface area contributed by atoms with Crippen molar-refractivity contribution in [2.75, 3.05) is 46.2 Å². The fourth-order valence-electron chi connectivity index (χ4n) is 0.912. The van der Waals surface area contributed by atoms with Crippen molar-refractivity contribution in [3.63, 3.8) is 0 Å². The van der Waals surface area contributed by atoms with Gasteiger partial charge in [0.25, 0.3) is 0 Å². The molecule has 0 heterocycles. The highest BCUT2D eigenvalue weighted by molar-refractivity contribution is 7.89. The molecule has 0 saturated carbocycles. The molecule has 0 spiro atoms. The van der Waals surface area contributed by atoms with Crippen molar-refractivity contribution in [1.29, 1.82) is 0 Å². The summed E-state index contributed by atoms with van der Waals surface area (Å²) in [5.74, 6) is -1.53. The number of ether oxygens (including phenoxy) is 1. The molecule has 0 aromatic heterocycles. The van der Waals surface area contributed by atoms with E-state index in [-0.39, 0.29) is 13.2 Å². The van der Waals surface area contributed by atoms with Gasteiger partial charge < -0.3 is 14.7 Å². The summed E-state index contributed by atoms with van der Waals surface area (Å²) < 4.78 is 29.9. The van der Waals surface area contributed by atoms with E-state index in [0.717, 1.165) is 6.54 Å². The SMILES string of the molecule is CN(C)CCOCCNS(=O)(=O)CCC(=O)O. The Morgan fingerprint density at radius 3 is 2.53 bits per heavy atom. The summed E-state index contributed by atoms with van der Waals surface area (Å²) in [7, 11) is 0.328. The van der Waals surface area contributed by atoms with Crippen molar-refractivity contribution in [3.8, 4) is 0 Å². The maximum Gasteiger partial charge on any atom is 0.304 e. The molecule has 0 fully saturated rings.